The van der Waals surface area contributed by atoms with Crippen LogP contribution in [-0.2, 0) is 23.2 Å². The van der Waals surface area contributed by atoms with E-state index < -0.39 is 18.0 Å². The van der Waals surface area contributed by atoms with E-state index >= 15 is 0 Å². The molecule has 0 aliphatic heterocycles. The van der Waals surface area contributed by atoms with Gasteiger partial charge in [0.25, 0.3) is 5.92 Å². The Morgan fingerprint density at radius 3 is 2.76 bits per heavy atom. The Balaban J connectivity index is 1.58. The second-order valence-corrected chi connectivity index (χ2v) is 9.76. The van der Waals surface area contributed by atoms with Gasteiger partial charge < -0.3 is 19.5 Å². The number of carboxylic acid groups (broad SMARTS) is 1. The molecule has 1 fully saturated rings. The van der Waals surface area contributed by atoms with Gasteiger partial charge in [-0.05, 0) is 43.4 Å². The minimum absolute atomic E-state index is 0.0134. The number of carbonyl (C=O) groups is 1. The van der Waals surface area contributed by atoms with Crippen molar-refractivity contribution in [2.75, 3.05) is 6.61 Å². The maximum absolute atomic E-state index is 12.8. The molecule has 0 saturated heterocycles. The van der Waals surface area contributed by atoms with E-state index in [1.807, 2.05) is 30.7 Å². The van der Waals surface area contributed by atoms with Crippen molar-refractivity contribution in [3.8, 4) is 11.8 Å². The predicted molar refractivity (Wildman–Crippen MR) is 128 cm³/mol. The second-order valence-electron chi connectivity index (χ2n) is 9.33. The Bertz CT molecular complexity index is 1060. The lowest BCUT2D eigenvalue weighted by Crippen LogP contribution is -2.34. The van der Waals surface area contributed by atoms with Gasteiger partial charge >= 0.3 is 5.97 Å². The highest BCUT2D eigenvalue weighted by atomic mass is 35.5. The number of fused-ring (bicyclic) bond motifs is 1. The average Bonchev–Trinajstić information content (AvgIpc) is 2.98. The van der Waals surface area contributed by atoms with E-state index in [-0.39, 0.29) is 31.1 Å². The molecule has 0 radical (unpaired) electrons. The van der Waals surface area contributed by atoms with Crippen molar-refractivity contribution in [1.82, 2.24) is 4.57 Å². The number of aliphatic hydroxyl groups excluding tert-OH is 1. The SMILES string of the molecule is C[C@H](CC(=O)O)CC(O)c1c(COCCCCC#CC2CC(F)(F)C2)n(C)c2ccc(Cl)cc12. The molecule has 1 aliphatic carbocycles. The van der Waals surface area contributed by atoms with Gasteiger partial charge in [0, 0.05) is 66.7 Å². The molecule has 1 saturated carbocycles. The lowest BCUT2D eigenvalue weighted by molar-refractivity contribution is -0.138. The molecule has 3 rings (SSSR count). The number of alkyl halides is 2. The van der Waals surface area contributed by atoms with Crippen LogP contribution in [0.3, 0.4) is 0 Å². The van der Waals surface area contributed by atoms with Gasteiger partial charge in [-0.15, -0.1) is 5.92 Å². The summed E-state index contributed by atoms with van der Waals surface area (Å²) in [5.74, 6) is 2.13. The molecule has 1 aromatic heterocycles. The third-order valence-electron chi connectivity index (χ3n) is 6.28. The Kier molecular flexibility index (Phi) is 8.97. The summed E-state index contributed by atoms with van der Waals surface area (Å²) in [5.41, 5.74) is 2.47. The van der Waals surface area contributed by atoms with Gasteiger partial charge in [-0.2, -0.15) is 0 Å². The van der Waals surface area contributed by atoms with Crippen LogP contribution in [0.4, 0.5) is 8.78 Å². The molecule has 1 aromatic carbocycles. The van der Waals surface area contributed by atoms with Crippen LogP contribution in [0.1, 0.15) is 69.2 Å². The van der Waals surface area contributed by atoms with Crippen LogP contribution in [0.5, 0.6) is 0 Å². The van der Waals surface area contributed by atoms with E-state index in [0.29, 0.717) is 31.1 Å². The van der Waals surface area contributed by atoms with E-state index in [1.54, 1.807) is 6.07 Å². The normalized spacial score (nSPS) is 17.1. The Hall–Kier alpha value is -2.14. The van der Waals surface area contributed by atoms with Crippen LogP contribution < -0.4 is 0 Å². The van der Waals surface area contributed by atoms with E-state index in [0.717, 1.165) is 35.0 Å². The number of benzene rings is 1. The summed E-state index contributed by atoms with van der Waals surface area (Å²) < 4.78 is 33.5. The van der Waals surface area contributed by atoms with Crippen LogP contribution >= 0.6 is 11.6 Å². The summed E-state index contributed by atoms with van der Waals surface area (Å²) in [4.78, 5) is 11.0. The second kappa shape index (κ2) is 11.5. The van der Waals surface area contributed by atoms with Crippen molar-refractivity contribution in [3.63, 3.8) is 0 Å². The number of aryl methyl sites for hydroxylation is 1. The number of unbranched alkanes of at least 4 members (excludes halogenated alkanes) is 2. The van der Waals surface area contributed by atoms with Crippen molar-refractivity contribution in [3.05, 3.63) is 34.5 Å². The summed E-state index contributed by atoms with van der Waals surface area (Å²) in [6.07, 6.45) is 1.48. The van der Waals surface area contributed by atoms with Gasteiger partial charge in [0.1, 0.15) is 0 Å². The minimum atomic E-state index is -2.53. The number of aromatic nitrogens is 1. The van der Waals surface area contributed by atoms with Crippen LogP contribution in [0.2, 0.25) is 5.02 Å². The molecular formula is C26H32ClF2NO4. The van der Waals surface area contributed by atoms with Gasteiger partial charge in [0.05, 0.1) is 18.4 Å². The summed E-state index contributed by atoms with van der Waals surface area (Å²) in [6, 6.07) is 5.51. The lowest BCUT2D eigenvalue weighted by Gasteiger charge is -2.31. The van der Waals surface area contributed by atoms with Gasteiger partial charge in [0.15, 0.2) is 0 Å². The standard InChI is InChI=1S/C26H32ClF2NO4/c1-17(12-24(32)33)11-23(31)25-20-13-19(27)8-9-21(20)30(2)22(25)16-34-10-6-4-3-5-7-18-14-26(28,29)15-18/h8-9,13,17-18,23,31H,3-4,6,10-12,14-16H2,1-2H3,(H,32,33)/t17-,23?/m0/s1. The summed E-state index contributed by atoms with van der Waals surface area (Å²) in [6.45, 7) is 2.62. The van der Waals surface area contributed by atoms with Gasteiger partial charge in [-0.1, -0.05) is 24.4 Å². The van der Waals surface area contributed by atoms with Crippen LogP contribution in [0, 0.1) is 23.7 Å². The first-order chi connectivity index (χ1) is 16.1. The smallest absolute Gasteiger partial charge is 0.303 e. The largest absolute Gasteiger partial charge is 0.481 e. The Morgan fingerprint density at radius 2 is 2.09 bits per heavy atom. The predicted octanol–water partition coefficient (Wildman–Crippen LogP) is 6.10. The molecule has 1 aliphatic rings. The molecule has 34 heavy (non-hydrogen) atoms. The Labute approximate surface area is 204 Å². The molecule has 186 valence electrons. The highest BCUT2D eigenvalue weighted by Crippen LogP contribution is 2.41. The van der Waals surface area contributed by atoms with E-state index in [9.17, 15) is 18.7 Å². The number of carboxylic acids is 1. The van der Waals surface area contributed by atoms with Crippen molar-refractivity contribution >= 4 is 28.5 Å². The van der Waals surface area contributed by atoms with Crippen molar-refractivity contribution in [1.29, 1.82) is 0 Å². The number of ether oxygens (including phenoxy) is 1. The quantitative estimate of drug-likeness (QED) is 0.292. The molecule has 5 nitrogen and oxygen atoms in total. The molecule has 0 bridgehead atoms. The fourth-order valence-electron chi connectivity index (χ4n) is 4.49. The lowest BCUT2D eigenvalue weighted by atomic mass is 9.82. The molecule has 2 atom stereocenters. The third kappa shape index (κ3) is 6.94. The molecule has 2 N–H and O–H groups in total. The zero-order valence-electron chi connectivity index (χ0n) is 19.6. The molecule has 1 unspecified atom stereocenters. The fourth-order valence-corrected chi connectivity index (χ4v) is 4.66. The topological polar surface area (TPSA) is 71.7 Å². The summed E-state index contributed by atoms with van der Waals surface area (Å²) in [5, 5.41) is 21.5. The molecule has 1 heterocycles. The monoisotopic (exact) mass is 495 g/mol. The van der Waals surface area contributed by atoms with Crippen LogP contribution in [0.15, 0.2) is 18.2 Å². The molecule has 2 aromatic rings. The number of halogens is 3. The van der Waals surface area contributed by atoms with Gasteiger partial charge in [-0.25, -0.2) is 8.78 Å². The summed E-state index contributed by atoms with van der Waals surface area (Å²) >= 11 is 6.22. The molecular weight excluding hydrogens is 464 g/mol. The highest BCUT2D eigenvalue weighted by molar-refractivity contribution is 6.31. The first kappa shape index (κ1) is 26.5. The molecule has 0 amide bonds. The first-order valence-electron chi connectivity index (χ1n) is 11.7. The number of aliphatic carboxylic acids is 1. The minimum Gasteiger partial charge on any atom is -0.481 e. The first-order valence-corrected chi connectivity index (χ1v) is 12.1. The maximum Gasteiger partial charge on any atom is 0.303 e. The van der Waals surface area contributed by atoms with Crippen molar-refractivity contribution < 1.29 is 28.5 Å². The third-order valence-corrected chi connectivity index (χ3v) is 6.52. The average molecular weight is 496 g/mol. The van der Waals surface area contributed by atoms with Gasteiger partial charge in [0.2, 0.25) is 0 Å². The van der Waals surface area contributed by atoms with E-state index in [1.165, 1.54) is 0 Å². The number of nitrogens with zero attached hydrogens (tertiary/aromatic N) is 1. The molecule has 8 heteroatoms. The van der Waals surface area contributed by atoms with Crippen LogP contribution in [0.25, 0.3) is 10.9 Å². The van der Waals surface area contributed by atoms with Gasteiger partial charge in [-0.3, -0.25) is 4.79 Å². The van der Waals surface area contributed by atoms with E-state index in [2.05, 4.69) is 11.8 Å². The number of hydrogen-bond acceptors (Lipinski definition) is 3. The maximum atomic E-state index is 12.8. The van der Waals surface area contributed by atoms with Crippen molar-refractivity contribution in [2.24, 2.45) is 18.9 Å². The number of hydrogen-bond donors (Lipinski definition) is 2. The zero-order valence-corrected chi connectivity index (χ0v) is 20.4. The zero-order chi connectivity index (χ0) is 24.9. The fraction of sp³-hybridized carbons (Fsp3) is 0.577. The van der Waals surface area contributed by atoms with Crippen LogP contribution in [-0.4, -0.2) is 33.3 Å². The molecule has 0 spiro atoms. The van der Waals surface area contributed by atoms with E-state index in [4.69, 9.17) is 21.4 Å². The van der Waals surface area contributed by atoms with Crippen molar-refractivity contribution in [2.45, 2.75) is 70.5 Å². The summed E-state index contributed by atoms with van der Waals surface area (Å²) in [7, 11) is 1.91. The Morgan fingerprint density at radius 1 is 1.35 bits per heavy atom. The number of aliphatic hydroxyl groups is 1. The number of rotatable bonds is 11. The highest BCUT2D eigenvalue weighted by Gasteiger charge is 2.44.